The first-order valence-electron chi connectivity index (χ1n) is 8.14. The van der Waals surface area contributed by atoms with E-state index in [4.69, 9.17) is 10.5 Å². The molecule has 1 aliphatic heterocycles. The van der Waals surface area contributed by atoms with E-state index in [-0.39, 0.29) is 48.2 Å². The summed E-state index contributed by atoms with van der Waals surface area (Å²) in [5.74, 6) is -0.623. The molecule has 2 amide bonds. The number of hydrogen-bond acceptors (Lipinski definition) is 6. The highest BCUT2D eigenvalue weighted by Gasteiger charge is 2.28. The third-order valence-electron chi connectivity index (χ3n) is 4.00. The van der Waals surface area contributed by atoms with Gasteiger partial charge in [-0.2, -0.15) is 0 Å². The first-order valence-corrected chi connectivity index (χ1v) is 8.14. The van der Waals surface area contributed by atoms with E-state index in [0.717, 1.165) is 6.42 Å². The zero-order valence-electron chi connectivity index (χ0n) is 14.3. The molecule has 1 aliphatic rings. The molecule has 0 bridgehead atoms. The minimum atomic E-state index is -0.557. The van der Waals surface area contributed by atoms with Crippen molar-refractivity contribution < 1.29 is 19.2 Å². The van der Waals surface area contributed by atoms with Crippen molar-refractivity contribution in [2.75, 3.05) is 32.8 Å². The monoisotopic (exact) mass is 386 g/mol. The average molecular weight is 387 g/mol. The molecule has 3 N–H and O–H groups in total. The van der Waals surface area contributed by atoms with Crippen LogP contribution in [0.3, 0.4) is 0 Å². The van der Waals surface area contributed by atoms with Crippen LogP contribution in [0.4, 0.5) is 5.69 Å². The van der Waals surface area contributed by atoms with E-state index in [9.17, 15) is 19.7 Å². The molecule has 9 nitrogen and oxygen atoms in total. The lowest BCUT2D eigenvalue weighted by atomic mass is 9.97. The van der Waals surface area contributed by atoms with E-state index < -0.39 is 4.92 Å². The maximum Gasteiger partial charge on any atom is 0.310 e. The largest absolute Gasteiger partial charge is 0.477 e. The Morgan fingerprint density at radius 3 is 2.81 bits per heavy atom. The first kappa shape index (κ1) is 21.7. The number of nitro benzene ring substituents is 1. The number of ether oxygens (including phenoxy) is 1. The Labute approximate surface area is 157 Å². The number of halogens is 1. The normalized spacial score (nSPS) is 16.3. The number of nitro groups is 1. The van der Waals surface area contributed by atoms with Crippen LogP contribution in [-0.4, -0.2) is 54.4 Å². The van der Waals surface area contributed by atoms with Gasteiger partial charge in [-0.25, -0.2) is 0 Å². The molecule has 0 aromatic heterocycles. The van der Waals surface area contributed by atoms with Crippen molar-refractivity contribution in [1.29, 1.82) is 0 Å². The third kappa shape index (κ3) is 5.85. The van der Waals surface area contributed by atoms with Crippen LogP contribution in [0.15, 0.2) is 24.3 Å². The number of hydrogen-bond donors (Lipinski definition) is 2. The fraction of sp³-hybridized carbons (Fsp3) is 0.500. The van der Waals surface area contributed by atoms with E-state index in [1.807, 2.05) is 0 Å². The van der Waals surface area contributed by atoms with Crippen LogP contribution in [0.1, 0.15) is 12.8 Å². The summed E-state index contributed by atoms with van der Waals surface area (Å²) in [6, 6.07) is 5.90. The smallest absolute Gasteiger partial charge is 0.310 e. The first-order chi connectivity index (χ1) is 12.0. The molecule has 10 heteroatoms. The molecule has 26 heavy (non-hydrogen) atoms. The molecule has 1 aromatic rings. The predicted octanol–water partition coefficient (Wildman–Crippen LogP) is 0.709. The summed E-state index contributed by atoms with van der Waals surface area (Å²) in [5.41, 5.74) is 5.18. The van der Waals surface area contributed by atoms with E-state index in [2.05, 4.69) is 5.32 Å². The number of carbonyl (C=O) groups is 2. The Kier molecular flexibility index (Phi) is 8.80. The van der Waals surface area contributed by atoms with Crippen molar-refractivity contribution in [2.45, 2.75) is 12.8 Å². The zero-order valence-corrected chi connectivity index (χ0v) is 15.1. The third-order valence-corrected chi connectivity index (χ3v) is 4.00. The van der Waals surface area contributed by atoms with Crippen LogP contribution in [0.5, 0.6) is 5.75 Å². The Bertz CT molecular complexity index is 643. The van der Waals surface area contributed by atoms with Crippen LogP contribution in [0, 0.1) is 16.0 Å². The van der Waals surface area contributed by atoms with E-state index >= 15 is 0 Å². The predicted molar refractivity (Wildman–Crippen MR) is 97.2 cm³/mol. The van der Waals surface area contributed by atoms with Gasteiger partial charge >= 0.3 is 5.69 Å². The topological polar surface area (TPSA) is 128 Å². The number of benzene rings is 1. The molecule has 1 saturated heterocycles. The highest BCUT2D eigenvalue weighted by atomic mass is 35.5. The van der Waals surface area contributed by atoms with Crippen LogP contribution in [0.25, 0.3) is 0 Å². The maximum atomic E-state index is 12.3. The molecule has 1 fully saturated rings. The lowest BCUT2D eigenvalue weighted by molar-refractivity contribution is -0.385. The second-order valence-electron chi connectivity index (χ2n) is 5.77. The van der Waals surface area contributed by atoms with Crippen molar-refractivity contribution in [1.82, 2.24) is 10.2 Å². The van der Waals surface area contributed by atoms with Crippen molar-refractivity contribution in [3.8, 4) is 5.75 Å². The van der Waals surface area contributed by atoms with Gasteiger partial charge in [-0.1, -0.05) is 12.1 Å². The number of piperidine rings is 1. The van der Waals surface area contributed by atoms with Gasteiger partial charge in [0.05, 0.1) is 10.8 Å². The molecule has 0 spiro atoms. The van der Waals surface area contributed by atoms with E-state index in [1.54, 1.807) is 11.0 Å². The van der Waals surface area contributed by atoms with Crippen molar-refractivity contribution in [3.05, 3.63) is 34.4 Å². The molecule has 144 valence electrons. The van der Waals surface area contributed by atoms with Gasteiger partial charge in [0.1, 0.15) is 0 Å². The second kappa shape index (κ2) is 10.6. The number of rotatable bonds is 7. The molecule has 2 rings (SSSR count). The zero-order chi connectivity index (χ0) is 18.2. The van der Waals surface area contributed by atoms with Gasteiger partial charge in [0, 0.05) is 32.2 Å². The standard InChI is InChI=1S/C16H22N4O5.ClH/c17-7-8-18-16(22)12-4-3-9-19(10-12)15(21)11-25-14-6-2-1-5-13(14)20(23)24;/h1-2,5-6,12H,3-4,7-11,17H2,(H,18,22);1H. The SMILES string of the molecule is Cl.NCCNC(=O)C1CCCN(C(=O)COc2ccccc2[N+](=O)[O-])C1. The van der Waals surface area contributed by atoms with Gasteiger partial charge in [0.25, 0.3) is 5.91 Å². The lowest BCUT2D eigenvalue weighted by Gasteiger charge is -2.32. The fourth-order valence-corrected chi connectivity index (χ4v) is 2.72. The van der Waals surface area contributed by atoms with Gasteiger partial charge in [-0.3, -0.25) is 19.7 Å². The number of nitrogens with one attached hydrogen (secondary N) is 1. The van der Waals surface area contributed by atoms with Gasteiger partial charge in [0.2, 0.25) is 5.91 Å². The second-order valence-corrected chi connectivity index (χ2v) is 5.77. The number of likely N-dealkylation sites (tertiary alicyclic amines) is 1. The number of para-hydroxylation sites is 2. The number of nitrogens with two attached hydrogens (primary N) is 1. The highest BCUT2D eigenvalue weighted by Crippen LogP contribution is 2.26. The summed E-state index contributed by atoms with van der Waals surface area (Å²) in [7, 11) is 0. The van der Waals surface area contributed by atoms with Crippen molar-refractivity contribution >= 4 is 29.9 Å². The maximum absolute atomic E-state index is 12.3. The van der Waals surface area contributed by atoms with E-state index in [0.29, 0.717) is 32.6 Å². The molecule has 0 aliphatic carbocycles. The fourth-order valence-electron chi connectivity index (χ4n) is 2.72. The quantitative estimate of drug-likeness (QED) is 0.524. The Morgan fingerprint density at radius 1 is 1.38 bits per heavy atom. The summed E-state index contributed by atoms with van der Waals surface area (Å²) >= 11 is 0. The van der Waals surface area contributed by atoms with Crippen LogP contribution < -0.4 is 15.8 Å². The molecule has 1 heterocycles. The van der Waals surface area contributed by atoms with Crippen LogP contribution in [-0.2, 0) is 9.59 Å². The molecular formula is C16H23ClN4O5. The summed E-state index contributed by atoms with van der Waals surface area (Å²) in [5, 5.41) is 13.7. The summed E-state index contributed by atoms with van der Waals surface area (Å²) < 4.78 is 5.32. The molecule has 1 atom stereocenters. The number of nitrogens with zero attached hydrogens (tertiary/aromatic N) is 2. The Hall–Kier alpha value is -2.39. The summed E-state index contributed by atoms with van der Waals surface area (Å²) in [6.07, 6.45) is 1.43. The van der Waals surface area contributed by atoms with Crippen molar-refractivity contribution in [3.63, 3.8) is 0 Å². The Balaban J connectivity index is 0.00000338. The minimum Gasteiger partial charge on any atom is -0.477 e. The number of carbonyl (C=O) groups excluding carboxylic acids is 2. The molecule has 0 radical (unpaired) electrons. The van der Waals surface area contributed by atoms with Gasteiger partial charge in [0.15, 0.2) is 12.4 Å². The molecule has 1 aromatic carbocycles. The molecule has 0 saturated carbocycles. The Morgan fingerprint density at radius 2 is 2.12 bits per heavy atom. The number of amides is 2. The van der Waals surface area contributed by atoms with Gasteiger partial charge in [-0.05, 0) is 18.9 Å². The van der Waals surface area contributed by atoms with E-state index in [1.165, 1.54) is 18.2 Å². The minimum absolute atomic E-state index is 0. The van der Waals surface area contributed by atoms with Crippen molar-refractivity contribution in [2.24, 2.45) is 11.7 Å². The summed E-state index contributed by atoms with van der Waals surface area (Å²) in [6.45, 7) is 1.33. The lowest BCUT2D eigenvalue weighted by Crippen LogP contribution is -2.47. The molecular weight excluding hydrogens is 364 g/mol. The molecule has 1 unspecified atom stereocenters. The van der Waals surface area contributed by atoms with Crippen LogP contribution >= 0.6 is 12.4 Å². The summed E-state index contributed by atoms with van der Waals surface area (Å²) in [4.78, 5) is 36.3. The van der Waals surface area contributed by atoms with Crippen LogP contribution in [0.2, 0.25) is 0 Å². The van der Waals surface area contributed by atoms with Gasteiger partial charge in [-0.15, -0.1) is 12.4 Å². The highest BCUT2D eigenvalue weighted by molar-refractivity contribution is 5.85. The average Bonchev–Trinajstić information content (AvgIpc) is 2.64. The van der Waals surface area contributed by atoms with Gasteiger partial charge < -0.3 is 20.7 Å².